The summed E-state index contributed by atoms with van der Waals surface area (Å²) in [5, 5.41) is 0. The molecule has 0 amide bonds. The van der Waals surface area contributed by atoms with Gasteiger partial charge in [0.1, 0.15) is 0 Å². The van der Waals surface area contributed by atoms with Crippen molar-refractivity contribution < 1.29 is 4.74 Å². The van der Waals surface area contributed by atoms with Gasteiger partial charge in [0.25, 0.3) is 0 Å². The lowest BCUT2D eigenvalue weighted by Crippen LogP contribution is -2.20. The zero-order valence-corrected chi connectivity index (χ0v) is 24.1. The molecule has 1 aliphatic heterocycles. The van der Waals surface area contributed by atoms with E-state index in [1.54, 1.807) is 5.56 Å². The van der Waals surface area contributed by atoms with Gasteiger partial charge in [0.15, 0.2) is 0 Å². The van der Waals surface area contributed by atoms with Crippen LogP contribution >= 0.6 is 0 Å². The lowest BCUT2D eigenvalue weighted by molar-refractivity contribution is -0.0198. The monoisotopic (exact) mass is 502 g/mol. The second-order valence-electron chi connectivity index (χ2n) is 12.3. The molecule has 204 valence electrons. The molecular formula is C36H54O. The predicted molar refractivity (Wildman–Crippen MR) is 160 cm³/mol. The van der Waals surface area contributed by atoms with Gasteiger partial charge in [-0.25, -0.2) is 0 Å². The van der Waals surface area contributed by atoms with Crippen molar-refractivity contribution in [2.75, 3.05) is 6.61 Å². The van der Waals surface area contributed by atoms with E-state index in [2.05, 4.69) is 62.4 Å². The van der Waals surface area contributed by atoms with Crippen molar-refractivity contribution in [2.24, 2.45) is 11.8 Å². The molecule has 0 bridgehead atoms. The first-order valence-electron chi connectivity index (χ1n) is 16.1. The van der Waals surface area contributed by atoms with E-state index in [0.717, 1.165) is 24.4 Å². The smallest absolute Gasteiger partial charge is 0.0825 e. The van der Waals surface area contributed by atoms with E-state index in [-0.39, 0.29) is 6.10 Å². The molecule has 0 aromatic heterocycles. The van der Waals surface area contributed by atoms with E-state index in [0.29, 0.717) is 0 Å². The van der Waals surface area contributed by atoms with Crippen LogP contribution in [-0.2, 0) is 4.74 Å². The Morgan fingerprint density at radius 1 is 0.541 bits per heavy atom. The van der Waals surface area contributed by atoms with E-state index in [4.69, 9.17) is 4.74 Å². The molecule has 4 rings (SSSR count). The summed E-state index contributed by atoms with van der Waals surface area (Å²) in [6.45, 7) is 5.54. The zero-order valence-electron chi connectivity index (χ0n) is 24.1. The third-order valence-electron chi connectivity index (χ3n) is 9.40. The Kier molecular flexibility index (Phi) is 12.1. The molecule has 1 saturated heterocycles. The van der Waals surface area contributed by atoms with Crippen LogP contribution in [0.2, 0.25) is 0 Å². The third-order valence-corrected chi connectivity index (χ3v) is 9.40. The van der Waals surface area contributed by atoms with Crippen molar-refractivity contribution in [2.45, 2.75) is 135 Å². The molecule has 0 N–H and O–H groups in total. The van der Waals surface area contributed by atoms with Gasteiger partial charge in [0.05, 0.1) is 12.7 Å². The van der Waals surface area contributed by atoms with Crippen LogP contribution < -0.4 is 0 Å². The van der Waals surface area contributed by atoms with Gasteiger partial charge in [-0.2, -0.15) is 0 Å². The Morgan fingerprint density at radius 2 is 1.05 bits per heavy atom. The highest BCUT2D eigenvalue weighted by Crippen LogP contribution is 2.39. The molecule has 2 aromatic carbocycles. The Balaban J connectivity index is 1.20. The van der Waals surface area contributed by atoms with Crippen LogP contribution in [0.15, 0.2) is 48.5 Å². The summed E-state index contributed by atoms with van der Waals surface area (Å²) in [5.41, 5.74) is 5.58. The minimum atomic E-state index is 0.287. The van der Waals surface area contributed by atoms with Crippen LogP contribution in [0.4, 0.5) is 0 Å². The van der Waals surface area contributed by atoms with Crippen LogP contribution in [0.5, 0.6) is 0 Å². The van der Waals surface area contributed by atoms with Gasteiger partial charge >= 0.3 is 0 Å². The zero-order chi connectivity index (χ0) is 25.7. The standard InChI is InChI=1S/C36H54O/c1-3-5-7-9-11-12-29-14-17-31(18-15-29)32-19-21-33(22-20-32)34-23-25-35(26-24-34)36-27-16-30(28-37-36)13-10-8-6-4-2/h19-26,29-31,36H,3-18,27-28H2,1-2H3. The first kappa shape index (κ1) is 28.4. The van der Waals surface area contributed by atoms with Crippen LogP contribution in [0, 0.1) is 11.8 Å². The SMILES string of the molecule is CCCCCCCC1CCC(c2ccc(-c3ccc(C4CCC(CCCCCC)CO4)cc3)cc2)CC1. The number of rotatable bonds is 14. The van der Waals surface area contributed by atoms with E-state index >= 15 is 0 Å². The van der Waals surface area contributed by atoms with Gasteiger partial charge in [0, 0.05) is 0 Å². The molecule has 2 atom stereocenters. The fourth-order valence-corrected chi connectivity index (χ4v) is 6.82. The van der Waals surface area contributed by atoms with Crippen molar-refractivity contribution in [3.63, 3.8) is 0 Å². The Labute approximate surface area is 228 Å². The fourth-order valence-electron chi connectivity index (χ4n) is 6.82. The van der Waals surface area contributed by atoms with Crippen LogP contribution in [0.3, 0.4) is 0 Å². The van der Waals surface area contributed by atoms with E-state index in [9.17, 15) is 0 Å². The van der Waals surface area contributed by atoms with E-state index < -0.39 is 0 Å². The molecule has 0 spiro atoms. The third kappa shape index (κ3) is 8.98. The maximum absolute atomic E-state index is 6.31. The van der Waals surface area contributed by atoms with E-state index in [1.165, 1.54) is 126 Å². The molecule has 0 radical (unpaired) electrons. The molecule has 1 heteroatoms. The predicted octanol–water partition coefficient (Wildman–Crippen LogP) is 11.4. The van der Waals surface area contributed by atoms with Gasteiger partial charge in [-0.05, 0) is 85.0 Å². The second kappa shape index (κ2) is 15.7. The van der Waals surface area contributed by atoms with Crippen molar-refractivity contribution >= 4 is 0 Å². The Hall–Kier alpha value is -1.60. The van der Waals surface area contributed by atoms with Crippen LogP contribution in [-0.4, -0.2) is 6.61 Å². The lowest BCUT2D eigenvalue weighted by Gasteiger charge is -2.29. The van der Waals surface area contributed by atoms with Crippen molar-refractivity contribution in [3.05, 3.63) is 59.7 Å². The van der Waals surface area contributed by atoms with Crippen molar-refractivity contribution in [3.8, 4) is 11.1 Å². The summed E-state index contributed by atoms with van der Waals surface area (Å²) in [6.07, 6.45) is 23.8. The molecule has 37 heavy (non-hydrogen) atoms. The average Bonchev–Trinajstić information content (AvgIpc) is 2.96. The molecule has 1 nitrogen and oxygen atoms in total. The van der Waals surface area contributed by atoms with Crippen molar-refractivity contribution in [1.82, 2.24) is 0 Å². The molecule has 2 aliphatic rings. The first-order valence-corrected chi connectivity index (χ1v) is 16.1. The summed E-state index contributed by atoms with van der Waals surface area (Å²) in [5.74, 6) is 2.53. The largest absolute Gasteiger partial charge is 0.373 e. The Morgan fingerprint density at radius 3 is 1.62 bits per heavy atom. The summed E-state index contributed by atoms with van der Waals surface area (Å²) < 4.78 is 6.31. The molecular weight excluding hydrogens is 448 g/mol. The maximum atomic E-state index is 6.31. The van der Waals surface area contributed by atoms with E-state index in [1.807, 2.05) is 0 Å². The van der Waals surface area contributed by atoms with Gasteiger partial charge in [-0.3, -0.25) is 0 Å². The highest BCUT2D eigenvalue weighted by atomic mass is 16.5. The molecule has 1 saturated carbocycles. The normalized spacial score (nSPS) is 24.3. The highest BCUT2D eigenvalue weighted by molar-refractivity contribution is 5.64. The van der Waals surface area contributed by atoms with Crippen LogP contribution in [0.25, 0.3) is 11.1 Å². The van der Waals surface area contributed by atoms with Gasteiger partial charge in [-0.1, -0.05) is 127 Å². The number of unbranched alkanes of at least 4 members (excludes halogenated alkanes) is 7. The summed E-state index contributed by atoms with van der Waals surface area (Å²) in [7, 11) is 0. The Bertz CT molecular complexity index is 851. The summed E-state index contributed by atoms with van der Waals surface area (Å²) in [6, 6.07) is 18.7. The molecule has 1 aliphatic carbocycles. The number of benzene rings is 2. The number of hydrogen-bond donors (Lipinski definition) is 0. The minimum absolute atomic E-state index is 0.287. The molecule has 2 aromatic rings. The molecule has 2 fully saturated rings. The van der Waals surface area contributed by atoms with Crippen LogP contribution in [0.1, 0.15) is 146 Å². The number of hydrogen-bond acceptors (Lipinski definition) is 1. The maximum Gasteiger partial charge on any atom is 0.0825 e. The minimum Gasteiger partial charge on any atom is -0.373 e. The quantitative estimate of drug-likeness (QED) is 0.233. The summed E-state index contributed by atoms with van der Waals surface area (Å²) >= 11 is 0. The second-order valence-corrected chi connectivity index (χ2v) is 12.3. The van der Waals surface area contributed by atoms with Crippen molar-refractivity contribution in [1.29, 1.82) is 0 Å². The molecule has 2 unspecified atom stereocenters. The highest BCUT2D eigenvalue weighted by Gasteiger charge is 2.23. The van der Waals surface area contributed by atoms with Gasteiger partial charge in [0.2, 0.25) is 0 Å². The number of ether oxygens (including phenoxy) is 1. The fraction of sp³-hybridized carbons (Fsp3) is 0.667. The van der Waals surface area contributed by atoms with Gasteiger partial charge < -0.3 is 4.74 Å². The topological polar surface area (TPSA) is 9.23 Å². The van der Waals surface area contributed by atoms with Gasteiger partial charge in [-0.15, -0.1) is 0 Å². The lowest BCUT2D eigenvalue weighted by atomic mass is 9.77. The summed E-state index contributed by atoms with van der Waals surface area (Å²) in [4.78, 5) is 0. The average molecular weight is 503 g/mol. The first-order chi connectivity index (χ1) is 18.3. The molecule has 1 heterocycles.